The van der Waals surface area contributed by atoms with Gasteiger partial charge in [-0.15, -0.1) is 0 Å². The van der Waals surface area contributed by atoms with Crippen molar-refractivity contribution in [3.05, 3.63) is 68.1 Å². The zero-order chi connectivity index (χ0) is 14.0. The van der Waals surface area contributed by atoms with E-state index in [0.717, 1.165) is 15.6 Å². The highest BCUT2D eigenvalue weighted by atomic mass is 79.9. The molecule has 0 amide bonds. The van der Waals surface area contributed by atoms with Crippen LogP contribution < -0.4 is 0 Å². The van der Waals surface area contributed by atoms with E-state index in [0.29, 0.717) is 11.4 Å². The van der Waals surface area contributed by atoms with Gasteiger partial charge in [0.05, 0.1) is 6.10 Å². The monoisotopic (exact) mass is 338 g/mol. The number of hydrogen-bond acceptors (Lipinski definition) is 1. The molecule has 1 N–H and O–H groups in total. The molecule has 19 heavy (non-hydrogen) atoms. The summed E-state index contributed by atoms with van der Waals surface area (Å²) in [5.74, 6) is 0. The molecule has 1 unspecified atom stereocenters. The van der Waals surface area contributed by atoms with E-state index in [1.807, 2.05) is 12.1 Å². The molecule has 0 spiro atoms. The molecule has 0 fully saturated rings. The standard InChI is InChI=1S/C16H16BrClO/c1-10-5-11(2)7-12(6-10)8-16(19)14-9-13(17)3-4-15(14)18/h3-7,9,16,19H,8H2,1-2H3. The maximum Gasteiger partial charge on any atom is 0.0845 e. The quantitative estimate of drug-likeness (QED) is 0.834. The first-order valence-electron chi connectivity index (χ1n) is 6.16. The van der Waals surface area contributed by atoms with Gasteiger partial charge in [-0.05, 0) is 37.6 Å². The lowest BCUT2D eigenvalue weighted by Crippen LogP contribution is -2.03. The fourth-order valence-corrected chi connectivity index (χ4v) is 2.91. The van der Waals surface area contributed by atoms with Crippen molar-refractivity contribution in [1.82, 2.24) is 0 Å². The summed E-state index contributed by atoms with van der Waals surface area (Å²) < 4.78 is 0.923. The van der Waals surface area contributed by atoms with Crippen molar-refractivity contribution in [1.29, 1.82) is 0 Å². The molecule has 0 radical (unpaired) electrons. The molecule has 1 atom stereocenters. The normalized spacial score (nSPS) is 12.5. The molecule has 3 heteroatoms. The lowest BCUT2D eigenvalue weighted by Gasteiger charge is -2.14. The highest BCUT2D eigenvalue weighted by molar-refractivity contribution is 9.10. The first kappa shape index (κ1) is 14.6. The predicted molar refractivity (Wildman–Crippen MR) is 83.7 cm³/mol. The van der Waals surface area contributed by atoms with Crippen LogP contribution in [-0.4, -0.2) is 5.11 Å². The first-order valence-corrected chi connectivity index (χ1v) is 7.33. The summed E-state index contributed by atoms with van der Waals surface area (Å²) in [6.45, 7) is 4.13. The number of halogens is 2. The third-order valence-corrected chi connectivity index (χ3v) is 3.87. The molecule has 0 aliphatic heterocycles. The van der Waals surface area contributed by atoms with Gasteiger partial charge in [0, 0.05) is 21.5 Å². The molecule has 0 saturated carbocycles. The Morgan fingerprint density at radius 3 is 2.37 bits per heavy atom. The number of aliphatic hydroxyl groups is 1. The van der Waals surface area contributed by atoms with Crippen molar-refractivity contribution in [2.24, 2.45) is 0 Å². The molecule has 2 aromatic carbocycles. The molecule has 100 valence electrons. The minimum Gasteiger partial charge on any atom is -0.388 e. The van der Waals surface area contributed by atoms with E-state index in [1.54, 1.807) is 6.07 Å². The fraction of sp³-hybridized carbons (Fsp3) is 0.250. The van der Waals surface area contributed by atoms with Crippen LogP contribution in [0.3, 0.4) is 0 Å². The van der Waals surface area contributed by atoms with E-state index < -0.39 is 6.10 Å². The average Bonchev–Trinajstić information content (AvgIpc) is 2.30. The summed E-state index contributed by atoms with van der Waals surface area (Å²) in [6.07, 6.45) is -0.0233. The van der Waals surface area contributed by atoms with Gasteiger partial charge in [-0.3, -0.25) is 0 Å². The zero-order valence-corrected chi connectivity index (χ0v) is 13.3. The van der Waals surface area contributed by atoms with Crippen LogP contribution in [0.2, 0.25) is 5.02 Å². The number of rotatable bonds is 3. The van der Waals surface area contributed by atoms with Gasteiger partial charge in [0.2, 0.25) is 0 Å². The summed E-state index contributed by atoms with van der Waals surface area (Å²) >= 11 is 9.54. The smallest absolute Gasteiger partial charge is 0.0845 e. The number of benzene rings is 2. The lowest BCUT2D eigenvalue weighted by molar-refractivity contribution is 0.178. The maximum atomic E-state index is 10.4. The summed E-state index contributed by atoms with van der Waals surface area (Å²) in [5, 5.41) is 11.0. The molecule has 2 aromatic rings. The van der Waals surface area contributed by atoms with Crippen LogP contribution in [0.4, 0.5) is 0 Å². The van der Waals surface area contributed by atoms with E-state index in [1.165, 1.54) is 11.1 Å². The Morgan fingerprint density at radius 2 is 1.74 bits per heavy atom. The molecular weight excluding hydrogens is 324 g/mol. The largest absolute Gasteiger partial charge is 0.388 e. The molecular formula is C16H16BrClO. The SMILES string of the molecule is Cc1cc(C)cc(CC(O)c2cc(Br)ccc2Cl)c1. The van der Waals surface area contributed by atoms with E-state index >= 15 is 0 Å². The zero-order valence-electron chi connectivity index (χ0n) is 11.0. The summed E-state index contributed by atoms with van der Waals surface area (Å²) in [7, 11) is 0. The fourth-order valence-electron chi connectivity index (χ4n) is 2.29. The Balaban J connectivity index is 2.25. The Kier molecular flexibility index (Phi) is 4.67. The third-order valence-electron chi connectivity index (χ3n) is 3.03. The first-order chi connectivity index (χ1) is 8.95. The average molecular weight is 340 g/mol. The van der Waals surface area contributed by atoms with Crippen molar-refractivity contribution in [2.45, 2.75) is 26.4 Å². The van der Waals surface area contributed by atoms with E-state index in [-0.39, 0.29) is 0 Å². The van der Waals surface area contributed by atoms with Gasteiger partial charge in [-0.25, -0.2) is 0 Å². The molecule has 0 saturated heterocycles. The Hall–Kier alpha value is -0.830. The van der Waals surface area contributed by atoms with E-state index in [9.17, 15) is 5.11 Å². The van der Waals surface area contributed by atoms with E-state index in [4.69, 9.17) is 11.6 Å². The van der Waals surface area contributed by atoms with Crippen LogP contribution in [0.1, 0.15) is 28.4 Å². The molecule has 0 heterocycles. The lowest BCUT2D eigenvalue weighted by atomic mass is 9.98. The second-order valence-corrected chi connectivity index (χ2v) is 6.20. The van der Waals surface area contributed by atoms with Gasteiger partial charge in [-0.1, -0.05) is 56.9 Å². The Morgan fingerprint density at radius 1 is 1.11 bits per heavy atom. The predicted octanol–water partition coefficient (Wildman–Crippen LogP) is 5.00. The second-order valence-electron chi connectivity index (χ2n) is 4.88. The molecule has 1 nitrogen and oxygen atoms in total. The van der Waals surface area contributed by atoms with Gasteiger partial charge in [0.1, 0.15) is 0 Å². The van der Waals surface area contributed by atoms with Gasteiger partial charge >= 0.3 is 0 Å². The molecule has 0 aromatic heterocycles. The van der Waals surface area contributed by atoms with Crippen molar-refractivity contribution < 1.29 is 5.11 Å². The highest BCUT2D eigenvalue weighted by Gasteiger charge is 2.13. The van der Waals surface area contributed by atoms with Crippen LogP contribution in [0, 0.1) is 13.8 Å². The van der Waals surface area contributed by atoms with Crippen molar-refractivity contribution in [3.63, 3.8) is 0 Å². The topological polar surface area (TPSA) is 20.2 Å². The summed E-state index contributed by atoms with van der Waals surface area (Å²) in [4.78, 5) is 0. The summed E-state index contributed by atoms with van der Waals surface area (Å²) in [5.41, 5.74) is 4.31. The highest BCUT2D eigenvalue weighted by Crippen LogP contribution is 2.29. The van der Waals surface area contributed by atoms with E-state index in [2.05, 4.69) is 48.0 Å². The van der Waals surface area contributed by atoms with Crippen molar-refractivity contribution in [2.75, 3.05) is 0 Å². The van der Waals surface area contributed by atoms with Crippen LogP contribution in [0.25, 0.3) is 0 Å². The van der Waals surface area contributed by atoms with Gasteiger partial charge < -0.3 is 5.11 Å². The Bertz CT molecular complexity index is 575. The van der Waals surface area contributed by atoms with Gasteiger partial charge in [0.15, 0.2) is 0 Å². The van der Waals surface area contributed by atoms with Crippen LogP contribution in [0.15, 0.2) is 40.9 Å². The third kappa shape index (κ3) is 3.82. The van der Waals surface area contributed by atoms with Crippen molar-refractivity contribution in [3.8, 4) is 0 Å². The number of aryl methyl sites for hydroxylation is 2. The molecule has 0 aliphatic carbocycles. The number of aliphatic hydroxyl groups excluding tert-OH is 1. The van der Waals surface area contributed by atoms with Crippen molar-refractivity contribution >= 4 is 27.5 Å². The Labute approximate surface area is 127 Å². The maximum absolute atomic E-state index is 10.4. The minimum atomic E-state index is -0.591. The van der Waals surface area contributed by atoms with Crippen LogP contribution in [-0.2, 0) is 6.42 Å². The van der Waals surface area contributed by atoms with Gasteiger partial charge in [-0.2, -0.15) is 0 Å². The molecule has 0 aliphatic rings. The summed E-state index contributed by atoms with van der Waals surface area (Å²) in [6, 6.07) is 11.9. The van der Waals surface area contributed by atoms with Gasteiger partial charge in [0.25, 0.3) is 0 Å². The second kappa shape index (κ2) is 6.08. The number of hydrogen-bond donors (Lipinski definition) is 1. The van der Waals surface area contributed by atoms with Crippen LogP contribution in [0.5, 0.6) is 0 Å². The van der Waals surface area contributed by atoms with Crippen LogP contribution >= 0.6 is 27.5 Å². The molecule has 0 bridgehead atoms. The minimum absolute atomic E-state index is 0.568. The molecule has 2 rings (SSSR count).